The maximum absolute atomic E-state index is 10.0. The van der Waals surface area contributed by atoms with Crippen molar-refractivity contribution in [1.82, 2.24) is 0 Å². The molecule has 0 spiro atoms. The van der Waals surface area contributed by atoms with Crippen LogP contribution in [-0.4, -0.2) is 16.4 Å². The first kappa shape index (κ1) is 14.0. The smallest absolute Gasteiger partial charge is 0.124 e. The van der Waals surface area contributed by atoms with Crippen LogP contribution in [0.4, 0.5) is 5.69 Å². The Kier molecular flexibility index (Phi) is 6.01. The Morgan fingerprint density at radius 2 is 1.71 bits per heavy atom. The van der Waals surface area contributed by atoms with Crippen molar-refractivity contribution >= 4 is 5.69 Å². The summed E-state index contributed by atoms with van der Waals surface area (Å²) < 4.78 is 0. The highest BCUT2D eigenvalue weighted by Crippen LogP contribution is 2.26. The van der Waals surface area contributed by atoms with Gasteiger partial charge in [-0.1, -0.05) is 44.9 Å². The summed E-state index contributed by atoms with van der Waals surface area (Å²) in [4.78, 5) is 0. The SMILES string of the molecule is CCCC(O)Nc1ccccc1C(O)CCC. The number of rotatable bonds is 7. The normalized spacial score (nSPS) is 14.4. The lowest BCUT2D eigenvalue weighted by molar-refractivity contribution is 0.165. The molecule has 1 aromatic carbocycles. The van der Waals surface area contributed by atoms with Crippen molar-refractivity contribution in [2.75, 3.05) is 5.32 Å². The predicted molar refractivity (Wildman–Crippen MR) is 70.8 cm³/mol. The Morgan fingerprint density at radius 1 is 1.06 bits per heavy atom. The zero-order valence-corrected chi connectivity index (χ0v) is 10.7. The molecule has 0 fully saturated rings. The molecule has 3 nitrogen and oxygen atoms in total. The Hall–Kier alpha value is -1.06. The van der Waals surface area contributed by atoms with E-state index >= 15 is 0 Å². The topological polar surface area (TPSA) is 52.5 Å². The minimum absolute atomic E-state index is 0.461. The van der Waals surface area contributed by atoms with Gasteiger partial charge in [-0.05, 0) is 18.9 Å². The highest BCUT2D eigenvalue weighted by molar-refractivity contribution is 5.52. The number of anilines is 1. The third-order valence-electron chi connectivity index (χ3n) is 2.77. The summed E-state index contributed by atoms with van der Waals surface area (Å²) in [7, 11) is 0. The summed E-state index contributed by atoms with van der Waals surface area (Å²) in [6.07, 6.45) is 2.30. The molecular formula is C14H23NO2. The van der Waals surface area contributed by atoms with E-state index in [0.717, 1.165) is 30.5 Å². The number of aliphatic hydroxyl groups excluding tert-OH is 2. The van der Waals surface area contributed by atoms with Crippen LogP contribution in [0.3, 0.4) is 0 Å². The van der Waals surface area contributed by atoms with E-state index in [0.29, 0.717) is 6.42 Å². The van der Waals surface area contributed by atoms with Crippen molar-refractivity contribution in [1.29, 1.82) is 0 Å². The van der Waals surface area contributed by atoms with Crippen LogP contribution in [0.2, 0.25) is 0 Å². The van der Waals surface area contributed by atoms with Gasteiger partial charge in [-0.25, -0.2) is 0 Å². The number of para-hydroxylation sites is 1. The number of nitrogens with one attached hydrogen (secondary N) is 1. The van der Waals surface area contributed by atoms with Gasteiger partial charge >= 0.3 is 0 Å². The Labute approximate surface area is 103 Å². The van der Waals surface area contributed by atoms with Gasteiger partial charge in [0.1, 0.15) is 6.23 Å². The number of hydrogen-bond acceptors (Lipinski definition) is 3. The fourth-order valence-electron chi connectivity index (χ4n) is 1.87. The lowest BCUT2D eigenvalue weighted by Gasteiger charge is -2.19. The molecular weight excluding hydrogens is 214 g/mol. The molecule has 0 aliphatic heterocycles. The summed E-state index contributed by atoms with van der Waals surface area (Å²) >= 11 is 0. The lowest BCUT2D eigenvalue weighted by atomic mass is 10.0. The molecule has 0 amide bonds. The van der Waals surface area contributed by atoms with Crippen molar-refractivity contribution < 1.29 is 10.2 Å². The van der Waals surface area contributed by atoms with E-state index in [1.165, 1.54) is 0 Å². The van der Waals surface area contributed by atoms with Gasteiger partial charge in [0.05, 0.1) is 6.10 Å². The minimum Gasteiger partial charge on any atom is -0.388 e. The molecule has 0 aromatic heterocycles. The van der Waals surface area contributed by atoms with Gasteiger partial charge in [-0.15, -0.1) is 0 Å². The average molecular weight is 237 g/mol. The summed E-state index contributed by atoms with van der Waals surface area (Å²) in [5.74, 6) is 0. The highest BCUT2D eigenvalue weighted by Gasteiger charge is 2.12. The molecule has 0 saturated carbocycles. The first-order valence-corrected chi connectivity index (χ1v) is 6.40. The highest BCUT2D eigenvalue weighted by atomic mass is 16.3. The molecule has 96 valence electrons. The monoisotopic (exact) mass is 237 g/mol. The van der Waals surface area contributed by atoms with Gasteiger partial charge in [0, 0.05) is 11.3 Å². The van der Waals surface area contributed by atoms with Gasteiger partial charge in [-0.2, -0.15) is 0 Å². The fraction of sp³-hybridized carbons (Fsp3) is 0.571. The standard InChI is InChI=1S/C14H23NO2/c1-3-7-13(16)11-9-5-6-10-12(11)15-14(17)8-4-2/h5-6,9-10,13-17H,3-4,7-8H2,1-2H3. The van der Waals surface area contributed by atoms with E-state index in [-0.39, 0.29) is 0 Å². The predicted octanol–water partition coefficient (Wildman–Crippen LogP) is 3.05. The third kappa shape index (κ3) is 4.36. The van der Waals surface area contributed by atoms with Crippen molar-refractivity contribution in [2.24, 2.45) is 0 Å². The van der Waals surface area contributed by atoms with E-state index in [1.54, 1.807) is 0 Å². The van der Waals surface area contributed by atoms with Crippen LogP contribution in [0.15, 0.2) is 24.3 Å². The molecule has 0 aliphatic carbocycles. The molecule has 0 aliphatic rings. The molecule has 0 bridgehead atoms. The van der Waals surface area contributed by atoms with E-state index in [1.807, 2.05) is 38.1 Å². The largest absolute Gasteiger partial charge is 0.388 e. The Morgan fingerprint density at radius 3 is 2.35 bits per heavy atom. The summed E-state index contributed by atoms with van der Waals surface area (Å²) in [5, 5.41) is 22.8. The van der Waals surface area contributed by atoms with Crippen LogP contribution in [-0.2, 0) is 0 Å². The Bertz CT molecular complexity index is 328. The molecule has 0 radical (unpaired) electrons. The van der Waals surface area contributed by atoms with Gasteiger partial charge in [0.15, 0.2) is 0 Å². The van der Waals surface area contributed by atoms with E-state index in [9.17, 15) is 10.2 Å². The van der Waals surface area contributed by atoms with E-state index < -0.39 is 12.3 Å². The quantitative estimate of drug-likeness (QED) is 0.639. The second kappa shape index (κ2) is 7.30. The van der Waals surface area contributed by atoms with Crippen LogP contribution in [0.25, 0.3) is 0 Å². The molecule has 1 rings (SSSR count). The zero-order chi connectivity index (χ0) is 12.7. The van der Waals surface area contributed by atoms with Gasteiger partial charge in [0.2, 0.25) is 0 Å². The van der Waals surface area contributed by atoms with Crippen LogP contribution in [0.5, 0.6) is 0 Å². The molecule has 2 unspecified atom stereocenters. The molecule has 3 heteroatoms. The molecule has 2 atom stereocenters. The third-order valence-corrected chi connectivity index (χ3v) is 2.77. The lowest BCUT2D eigenvalue weighted by Crippen LogP contribution is -2.19. The first-order valence-electron chi connectivity index (χ1n) is 6.40. The second-order valence-electron chi connectivity index (χ2n) is 4.34. The van der Waals surface area contributed by atoms with Crippen LogP contribution in [0, 0.1) is 0 Å². The van der Waals surface area contributed by atoms with Crippen molar-refractivity contribution in [3.05, 3.63) is 29.8 Å². The second-order valence-corrected chi connectivity index (χ2v) is 4.34. The maximum Gasteiger partial charge on any atom is 0.124 e. The number of hydrogen-bond donors (Lipinski definition) is 3. The van der Waals surface area contributed by atoms with Crippen LogP contribution < -0.4 is 5.32 Å². The van der Waals surface area contributed by atoms with Gasteiger partial charge in [-0.3, -0.25) is 0 Å². The van der Waals surface area contributed by atoms with Gasteiger partial charge in [0.25, 0.3) is 0 Å². The molecule has 0 saturated heterocycles. The van der Waals surface area contributed by atoms with E-state index in [2.05, 4.69) is 5.32 Å². The minimum atomic E-state index is -0.546. The van der Waals surface area contributed by atoms with E-state index in [4.69, 9.17) is 0 Å². The molecule has 3 N–H and O–H groups in total. The fourth-order valence-corrected chi connectivity index (χ4v) is 1.87. The molecule has 17 heavy (non-hydrogen) atoms. The average Bonchev–Trinajstić information content (AvgIpc) is 2.30. The first-order chi connectivity index (χ1) is 8.19. The van der Waals surface area contributed by atoms with Gasteiger partial charge < -0.3 is 15.5 Å². The molecule has 1 aromatic rings. The molecule has 0 heterocycles. The Balaban J connectivity index is 2.76. The van der Waals surface area contributed by atoms with Crippen LogP contribution >= 0.6 is 0 Å². The maximum atomic E-state index is 10.0. The number of benzene rings is 1. The zero-order valence-electron chi connectivity index (χ0n) is 10.7. The van der Waals surface area contributed by atoms with Crippen LogP contribution in [0.1, 0.15) is 51.2 Å². The van der Waals surface area contributed by atoms with Crippen molar-refractivity contribution in [3.8, 4) is 0 Å². The summed E-state index contributed by atoms with van der Waals surface area (Å²) in [6.45, 7) is 4.08. The number of aliphatic hydroxyl groups is 2. The summed E-state index contributed by atoms with van der Waals surface area (Å²) in [5.41, 5.74) is 1.69. The van der Waals surface area contributed by atoms with Crippen molar-refractivity contribution in [2.45, 2.75) is 51.9 Å². The van der Waals surface area contributed by atoms with Crippen molar-refractivity contribution in [3.63, 3.8) is 0 Å². The summed E-state index contributed by atoms with van der Waals surface area (Å²) in [6, 6.07) is 7.61.